The first-order valence-corrected chi connectivity index (χ1v) is 6.01. The van der Waals surface area contributed by atoms with Crippen molar-refractivity contribution in [2.75, 3.05) is 31.6 Å². The molecule has 0 unspecified atom stereocenters. The SMILES string of the molecule is COc1cc(N2CCN[C@@H](C)C2)c(F)cc1Cl. The van der Waals surface area contributed by atoms with E-state index in [1.807, 2.05) is 4.90 Å². The van der Waals surface area contributed by atoms with Crippen LogP contribution in [0.5, 0.6) is 5.75 Å². The van der Waals surface area contributed by atoms with Gasteiger partial charge in [-0.1, -0.05) is 11.6 Å². The van der Waals surface area contributed by atoms with Gasteiger partial charge < -0.3 is 15.0 Å². The molecule has 0 aromatic heterocycles. The summed E-state index contributed by atoms with van der Waals surface area (Å²) in [6, 6.07) is 3.32. The summed E-state index contributed by atoms with van der Waals surface area (Å²) in [6.45, 7) is 4.50. The maximum absolute atomic E-state index is 13.9. The second-order valence-electron chi connectivity index (χ2n) is 4.24. The third-order valence-electron chi connectivity index (χ3n) is 2.93. The molecule has 0 saturated carbocycles. The average molecular weight is 259 g/mol. The number of anilines is 1. The van der Waals surface area contributed by atoms with Gasteiger partial charge in [0.25, 0.3) is 0 Å². The number of hydrogen-bond acceptors (Lipinski definition) is 3. The summed E-state index contributed by atoms with van der Waals surface area (Å²) >= 11 is 5.87. The zero-order valence-electron chi connectivity index (χ0n) is 9.96. The molecule has 17 heavy (non-hydrogen) atoms. The number of hydrogen-bond donors (Lipinski definition) is 1. The van der Waals surface area contributed by atoms with Crippen LogP contribution in [-0.2, 0) is 0 Å². The Hall–Kier alpha value is -1.00. The van der Waals surface area contributed by atoms with Crippen LogP contribution in [0.15, 0.2) is 12.1 Å². The van der Waals surface area contributed by atoms with Crippen LogP contribution < -0.4 is 15.0 Å². The van der Waals surface area contributed by atoms with E-state index in [-0.39, 0.29) is 5.82 Å². The number of nitrogens with zero attached hydrogens (tertiary/aromatic N) is 1. The number of benzene rings is 1. The second-order valence-corrected chi connectivity index (χ2v) is 4.65. The summed E-state index contributed by atoms with van der Waals surface area (Å²) in [7, 11) is 1.53. The topological polar surface area (TPSA) is 24.5 Å². The Labute approximate surface area is 106 Å². The summed E-state index contributed by atoms with van der Waals surface area (Å²) in [6.07, 6.45) is 0. The molecule has 1 fully saturated rings. The van der Waals surface area contributed by atoms with Gasteiger partial charge >= 0.3 is 0 Å². The standard InChI is InChI=1S/C12H16ClFN2O/c1-8-7-16(4-3-15-8)11-6-12(17-2)9(13)5-10(11)14/h5-6,8,15H,3-4,7H2,1-2H3/t8-/m0/s1. The molecular formula is C12H16ClFN2O. The maximum atomic E-state index is 13.9. The van der Waals surface area contributed by atoms with Crippen molar-refractivity contribution in [2.24, 2.45) is 0 Å². The lowest BCUT2D eigenvalue weighted by molar-refractivity contribution is 0.413. The van der Waals surface area contributed by atoms with Gasteiger partial charge in [-0.2, -0.15) is 0 Å². The predicted molar refractivity (Wildman–Crippen MR) is 67.6 cm³/mol. The molecule has 94 valence electrons. The van der Waals surface area contributed by atoms with Crippen molar-refractivity contribution in [3.8, 4) is 5.75 Å². The normalized spacial score (nSPS) is 20.5. The number of rotatable bonds is 2. The molecule has 0 spiro atoms. The zero-order chi connectivity index (χ0) is 12.4. The van der Waals surface area contributed by atoms with Crippen molar-refractivity contribution < 1.29 is 9.13 Å². The highest BCUT2D eigenvalue weighted by Gasteiger charge is 2.20. The van der Waals surface area contributed by atoms with Crippen LogP contribution in [0.3, 0.4) is 0 Å². The van der Waals surface area contributed by atoms with Gasteiger partial charge in [-0.05, 0) is 13.0 Å². The van der Waals surface area contributed by atoms with Crippen molar-refractivity contribution in [3.05, 3.63) is 23.0 Å². The van der Waals surface area contributed by atoms with Gasteiger partial charge in [-0.3, -0.25) is 0 Å². The minimum Gasteiger partial charge on any atom is -0.495 e. The highest BCUT2D eigenvalue weighted by Crippen LogP contribution is 2.32. The van der Waals surface area contributed by atoms with E-state index >= 15 is 0 Å². The Bertz CT molecular complexity index is 414. The van der Waals surface area contributed by atoms with Crippen molar-refractivity contribution >= 4 is 17.3 Å². The first kappa shape index (κ1) is 12.5. The van der Waals surface area contributed by atoms with Crippen LogP contribution in [0.25, 0.3) is 0 Å². The van der Waals surface area contributed by atoms with E-state index in [1.54, 1.807) is 6.07 Å². The second kappa shape index (κ2) is 5.10. The number of nitrogens with one attached hydrogen (secondary N) is 1. The molecule has 1 atom stereocenters. The van der Waals surface area contributed by atoms with E-state index in [9.17, 15) is 4.39 Å². The molecule has 0 aliphatic carbocycles. The van der Waals surface area contributed by atoms with E-state index in [4.69, 9.17) is 16.3 Å². The molecule has 1 aliphatic rings. The summed E-state index contributed by atoms with van der Waals surface area (Å²) in [4.78, 5) is 2.01. The molecule has 0 amide bonds. The molecule has 3 nitrogen and oxygen atoms in total. The molecule has 5 heteroatoms. The molecule has 2 rings (SSSR count). The Kier molecular flexibility index (Phi) is 3.74. The van der Waals surface area contributed by atoms with Crippen LogP contribution in [0.1, 0.15) is 6.92 Å². The van der Waals surface area contributed by atoms with Gasteiger partial charge in [-0.25, -0.2) is 4.39 Å². The van der Waals surface area contributed by atoms with E-state index in [2.05, 4.69) is 12.2 Å². The molecule has 1 N–H and O–H groups in total. The van der Waals surface area contributed by atoms with Crippen molar-refractivity contribution in [1.82, 2.24) is 5.32 Å². The van der Waals surface area contributed by atoms with Crippen LogP contribution in [-0.4, -0.2) is 32.8 Å². The fraction of sp³-hybridized carbons (Fsp3) is 0.500. The Morgan fingerprint density at radius 1 is 1.53 bits per heavy atom. The fourth-order valence-electron chi connectivity index (χ4n) is 2.07. The lowest BCUT2D eigenvalue weighted by Crippen LogP contribution is -2.49. The van der Waals surface area contributed by atoms with Crippen LogP contribution in [0, 0.1) is 5.82 Å². The summed E-state index contributed by atoms with van der Waals surface area (Å²) in [5.74, 6) is 0.208. The van der Waals surface area contributed by atoms with E-state index < -0.39 is 0 Å². The number of piperazine rings is 1. The van der Waals surface area contributed by atoms with Crippen LogP contribution >= 0.6 is 11.6 Å². The Morgan fingerprint density at radius 3 is 2.94 bits per heavy atom. The largest absolute Gasteiger partial charge is 0.495 e. The molecule has 0 bridgehead atoms. The van der Waals surface area contributed by atoms with E-state index in [0.717, 1.165) is 19.6 Å². The number of halogens is 2. The fourth-order valence-corrected chi connectivity index (χ4v) is 2.30. The summed E-state index contributed by atoms with van der Waals surface area (Å²) in [5.41, 5.74) is 0.555. The number of ether oxygens (including phenoxy) is 1. The molecule has 1 aromatic rings. The van der Waals surface area contributed by atoms with E-state index in [1.165, 1.54) is 13.2 Å². The van der Waals surface area contributed by atoms with Crippen LogP contribution in [0.2, 0.25) is 5.02 Å². The molecule has 0 radical (unpaired) electrons. The van der Waals surface area contributed by atoms with Crippen LogP contribution in [0.4, 0.5) is 10.1 Å². The molecule has 1 saturated heterocycles. The lowest BCUT2D eigenvalue weighted by atomic mass is 10.2. The van der Waals surface area contributed by atoms with Gasteiger partial charge in [0.2, 0.25) is 0 Å². The quantitative estimate of drug-likeness (QED) is 0.881. The molecule has 1 aliphatic heterocycles. The Balaban J connectivity index is 2.30. The van der Waals surface area contributed by atoms with Gasteiger partial charge in [0.15, 0.2) is 0 Å². The first-order valence-electron chi connectivity index (χ1n) is 5.63. The third-order valence-corrected chi connectivity index (χ3v) is 3.23. The lowest BCUT2D eigenvalue weighted by Gasteiger charge is -2.34. The van der Waals surface area contributed by atoms with Crippen molar-refractivity contribution in [2.45, 2.75) is 13.0 Å². The van der Waals surface area contributed by atoms with Gasteiger partial charge in [0.05, 0.1) is 17.8 Å². The Morgan fingerprint density at radius 2 is 2.29 bits per heavy atom. The van der Waals surface area contributed by atoms with E-state index in [0.29, 0.717) is 22.5 Å². The molecular weight excluding hydrogens is 243 g/mol. The maximum Gasteiger partial charge on any atom is 0.148 e. The zero-order valence-corrected chi connectivity index (χ0v) is 10.7. The molecule has 1 aromatic carbocycles. The number of methoxy groups -OCH3 is 1. The monoisotopic (exact) mass is 258 g/mol. The summed E-state index contributed by atoms with van der Waals surface area (Å²) in [5, 5.41) is 3.62. The van der Waals surface area contributed by atoms with Gasteiger partial charge in [-0.15, -0.1) is 0 Å². The smallest absolute Gasteiger partial charge is 0.148 e. The minimum atomic E-state index is -0.301. The molecule has 1 heterocycles. The van der Waals surface area contributed by atoms with Crippen molar-refractivity contribution in [1.29, 1.82) is 0 Å². The van der Waals surface area contributed by atoms with Gasteiger partial charge in [0, 0.05) is 31.7 Å². The third kappa shape index (κ3) is 2.64. The minimum absolute atomic E-state index is 0.301. The highest BCUT2D eigenvalue weighted by atomic mass is 35.5. The van der Waals surface area contributed by atoms with Gasteiger partial charge in [0.1, 0.15) is 11.6 Å². The highest BCUT2D eigenvalue weighted by molar-refractivity contribution is 6.32. The predicted octanol–water partition coefficient (Wildman–Crippen LogP) is 2.29. The average Bonchev–Trinajstić information content (AvgIpc) is 2.29. The first-order chi connectivity index (χ1) is 8.11. The van der Waals surface area contributed by atoms with Crippen molar-refractivity contribution in [3.63, 3.8) is 0 Å². The summed E-state index contributed by atoms with van der Waals surface area (Å²) < 4.78 is 19.0.